The Morgan fingerprint density at radius 3 is 2.71 bits per heavy atom. The lowest BCUT2D eigenvalue weighted by molar-refractivity contribution is -0.121. The van der Waals surface area contributed by atoms with Crippen molar-refractivity contribution in [2.45, 2.75) is 37.1 Å². The fourth-order valence-corrected chi connectivity index (χ4v) is 5.05. The molecule has 0 aromatic heterocycles. The molecule has 2 aromatic rings. The third-order valence-electron chi connectivity index (χ3n) is 5.72. The molecule has 0 bridgehead atoms. The fraction of sp³-hybridized carbons (Fsp3) is 0.391. The van der Waals surface area contributed by atoms with Gasteiger partial charge in [0.25, 0.3) is 0 Å². The zero-order valence-electron chi connectivity index (χ0n) is 17.5. The molecule has 164 valence electrons. The molecule has 1 N–H and O–H groups in total. The number of hydrogen-bond donors (Lipinski definition) is 1. The molecule has 0 atom stereocenters. The molecule has 4 rings (SSSR count). The van der Waals surface area contributed by atoms with Gasteiger partial charge in [-0.1, -0.05) is 12.1 Å². The molecule has 0 saturated heterocycles. The normalized spacial score (nSPS) is 15.5. The van der Waals surface area contributed by atoms with Gasteiger partial charge in [-0.25, -0.2) is 8.42 Å². The van der Waals surface area contributed by atoms with Gasteiger partial charge in [0.2, 0.25) is 11.8 Å². The molecular weight excluding hydrogens is 416 g/mol. The van der Waals surface area contributed by atoms with Crippen LogP contribution in [0.25, 0.3) is 0 Å². The predicted molar refractivity (Wildman–Crippen MR) is 117 cm³/mol. The molecule has 1 heterocycles. The second-order valence-electron chi connectivity index (χ2n) is 8.00. The van der Waals surface area contributed by atoms with Crippen LogP contribution < -0.4 is 15.0 Å². The highest BCUT2D eigenvalue weighted by molar-refractivity contribution is 7.91. The second-order valence-corrected chi connectivity index (χ2v) is 10.1. The Morgan fingerprint density at radius 1 is 1.16 bits per heavy atom. The number of methoxy groups -OCH3 is 1. The van der Waals surface area contributed by atoms with Gasteiger partial charge < -0.3 is 15.0 Å². The Bertz CT molecular complexity index is 1110. The molecular formula is C23H26N2O5S. The van der Waals surface area contributed by atoms with Crippen molar-refractivity contribution in [1.29, 1.82) is 0 Å². The van der Waals surface area contributed by atoms with Gasteiger partial charge in [0.05, 0.1) is 17.8 Å². The number of fused-ring (bicyclic) bond motifs is 1. The van der Waals surface area contributed by atoms with Crippen LogP contribution in [0.5, 0.6) is 5.75 Å². The van der Waals surface area contributed by atoms with Crippen LogP contribution in [0.3, 0.4) is 0 Å². The standard InChI is InChI=1S/C23H26N2O5S/c1-30-19-4-2-3-16(13-19)15-24-22(26)10-12-31(28,29)20-7-8-21-18(14-20)9-11-25(21)23(27)17-5-6-17/h2-4,7-8,13-14,17H,5-6,9-12,15H2,1H3,(H,24,26). The van der Waals surface area contributed by atoms with Crippen molar-refractivity contribution in [2.24, 2.45) is 5.92 Å². The van der Waals surface area contributed by atoms with Gasteiger partial charge in [-0.3, -0.25) is 9.59 Å². The van der Waals surface area contributed by atoms with Crippen molar-refractivity contribution in [3.63, 3.8) is 0 Å². The van der Waals surface area contributed by atoms with E-state index in [0.29, 0.717) is 25.3 Å². The quantitative estimate of drug-likeness (QED) is 0.678. The van der Waals surface area contributed by atoms with Crippen LogP contribution in [-0.4, -0.2) is 39.6 Å². The van der Waals surface area contributed by atoms with Gasteiger partial charge in [-0.05, 0) is 60.7 Å². The summed E-state index contributed by atoms with van der Waals surface area (Å²) >= 11 is 0. The Morgan fingerprint density at radius 2 is 1.97 bits per heavy atom. The summed E-state index contributed by atoms with van der Waals surface area (Å²) in [5, 5.41) is 2.75. The maximum Gasteiger partial charge on any atom is 0.230 e. The molecule has 0 radical (unpaired) electrons. The largest absolute Gasteiger partial charge is 0.497 e. The van der Waals surface area contributed by atoms with E-state index in [1.165, 1.54) is 0 Å². The van der Waals surface area contributed by atoms with Crippen molar-refractivity contribution in [2.75, 3.05) is 24.3 Å². The highest BCUT2D eigenvalue weighted by atomic mass is 32.2. The van der Waals surface area contributed by atoms with E-state index in [9.17, 15) is 18.0 Å². The first-order chi connectivity index (χ1) is 14.9. The molecule has 0 spiro atoms. The number of carbonyl (C=O) groups is 2. The number of carbonyl (C=O) groups excluding carboxylic acids is 2. The van der Waals surface area contributed by atoms with Gasteiger partial charge in [-0.15, -0.1) is 0 Å². The van der Waals surface area contributed by atoms with E-state index < -0.39 is 9.84 Å². The molecule has 1 aliphatic heterocycles. The number of rotatable bonds is 8. The number of anilines is 1. The van der Waals surface area contributed by atoms with Crippen molar-refractivity contribution in [3.05, 3.63) is 53.6 Å². The van der Waals surface area contributed by atoms with Crippen LogP contribution in [0, 0.1) is 5.92 Å². The van der Waals surface area contributed by atoms with Crippen LogP contribution in [-0.2, 0) is 32.4 Å². The summed E-state index contributed by atoms with van der Waals surface area (Å²) in [6, 6.07) is 12.2. The molecule has 31 heavy (non-hydrogen) atoms. The van der Waals surface area contributed by atoms with Crippen molar-refractivity contribution >= 4 is 27.3 Å². The zero-order chi connectivity index (χ0) is 22.0. The summed E-state index contributed by atoms with van der Waals surface area (Å²) < 4.78 is 30.7. The van der Waals surface area contributed by atoms with Gasteiger partial charge in [0.1, 0.15) is 5.75 Å². The van der Waals surface area contributed by atoms with Gasteiger partial charge in [0.15, 0.2) is 9.84 Å². The molecule has 2 amide bonds. The van der Waals surface area contributed by atoms with Gasteiger partial charge >= 0.3 is 0 Å². The average molecular weight is 443 g/mol. The minimum Gasteiger partial charge on any atom is -0.497 e. The van der Waals surface area contributed by atoms with Crippen LogP contribution in [0.15, 0.2) is 47.4 Å². The topological polar surface area (TPSA) is 92.8 Å². The molecule has 7 nitrogen and oxygen atoms in total. The van der Waals surface area contributed by atoms with Crippen LogP contribution in [0.1, 0.15) is 30.4 Å². The molecule has 1 fully saturated rings. The number of nitrogens with one attached hydrogen (secondary N) is 1. The lowest BCUT2D eigenvalue weighted by Crippen LogP contribution is -2.30. The second kappa shape index (κ2) is 8.70. The lowest BCUT2D eigenvalue weighted by Gasteiger charge is -2.17. The summed E-state index contributed by atoms with van der Waals surface area (Å²) in [4.78, 5) is 26.5. The first-order valence-electron chi connectivity index (χ1n) is 10.4. The summed E-state index contributed by atoms with van der Waals surface area (Å²) in [5.41, 5.74) is 2.56. The number of sulfone groups is 1. The van der Waals surface area contributed by atoms with Gasteiger partial charge in [-0.2, -0.15) is 0 Å². The van der Waals surface area contributed by atoms with E-state index in [1.54, 1.807) is 30.2 Å². The van der Waals surface area contributed by atoms with E-state index in [-0.39, 0.29) is 34.8 Å². The van der Waals surface area contributed by atoms with Gasteiger partial charge in [0, 0.05) is 31.1 Å². The molecule has 2 aromatic carbocycles. The molecule has 1 aliphatic carbocycles. The average Bonchev–Trinajstić information content (AvgIpc) is 3.55. The van der Waals surface area contributed by atoms with Crippen LogP contribution >= 0.6 is 0 Å². The lowest BCUT2D eigenvalue weighted by atomic mass is 10.2. The van der Waals surface area contributed by atoms with E-state index in [2.05, 4.69) is 5.32 Å². The fourth-order valence-electron chi connectivity index (χ4n) is 3.77. The first-order valence-corrected chi connectivity index (χ1v) is 12.1. The van der Waals surface area contributed by atoms with E-state index in [0.717, 1.165) is 29.7 Å². The Kier molecular flexibility index (Phi) is 6.00. The van der Waals surface area contributed by atoms with E-state index >= 15 is 0 Å². The Labute approximate surface area is 182 Å². The first kappa shape index (κ1) is 21.4. The number of ether oxygens (including phenoxy) is 1. The maximum absolute atomic E-state index is 12.8. The van der Waals surface area contributed by atoms with Crippen LogP contribution in [0.2, 0.25) is 0 Å². The molecule has 0 unspecified atom stereocenters. The third-order valence-corrected chi connectivity index (χ3v) is 7.43. The summed E-state index contributed by atoms with van der Waals surface area (Å²) in [6.45, 7) is 0.903. The Balaban J connectivity index is 1.34. The van der Waals surface area contributed by atoms with E-state index in [4.69, 9.17) is 4.74 Å². The molecule has 8 heteroatoms. The smallest absolute Gasteiger partial charge is 0.230 e. The van der Waals surface area contributed by atoms with Crippen molar-refractivity contribution in [3.8, 4) is 5.75 Å². The van der Waals surface area contributed by atoms with E-state index in [1.807, 2.05) is 24.3 Å². The van der Waals surface area contributed by atoms with Crippen LogP contribution in [0.4, 0.5) is 5.69 Å². The highest BCUT2D eigenvalue weighted by Gasteiger charge is 2.36. The highest BCUT2D eigenvalue weighted by Crippen LogP contribution is 2.37. The maximum atomic E-state index is 12.8. The monoisotopic (exact) mass is 442 g/mol. The number of amides is 2. The van der Waals surface area contributed by atoms with Crippen molar-refractivity contribution < 1.29 is 22.7 Å². The third kappa shape index (κ3) is 4.90. The summed E-state index contributed by atoms with van der Waals surface area (Å²) in [6.07, 6.45) is 2.42. The van der Waals surface area contributed by atoms with Crippen molar-refractivity contribution in [1.82, 2.24) is 5.32 Å². The molecule has 2 aliphatic rings. The zero-order valence-corrected chi connectivity index (χ0v) is 18.3. The number of hydrogen-bond acceptors (Lipinski definition) is 5. The number of nitrogens with zero attached hydrogens (tertiary/aromatic N) is 1. The Hall–Kier alpha value is -2.87. The minimum absolute atomic E-state index is 0.115. The predicted octanol–water partition coefficient (Wildman–Crippen LogP) is 2.47. The molecule has 1 saturated carbocycles. The summed E-state index contributed by atoms with van der Waals surface area (Å²) in [5.74, 6) is 0.379. The summed E-state index contributed by atoms with van der Waals surface area (Å²) in [7, 11) is -2.02. The SMILES string of the molecule is COc1cccc(CNC(=O)CCS(=O)(=O)c2ccc3c(c2)CCN3C(=O)C2CC2)c1. The number of benzene rings is 2. The minimum atomic E-state index is -3.60.